The minimum Gasteiger partial charge on any atom is -0.388 e. The van der Waals surface area contributed by atoms with E-state index in [0.717, 1.165) is 24.5 Å². The molecular weight excluding hydrogens is 236 g/mol. The second-order valence-electron chi connectivity index (χ2n) is 4.43. The molecule has 0 amide bonds. The summed E-state index contributed by atoms with van der Waals surface area (Å²) in [6, 6.07) is 0. The quantitative estimate of drug-likeness (QED) is 0.725. The van der Waals surface area contributed by atoms with Gasteiger partial charge in [-0.25, -0.2) is 9.67 Å². The molecule has 1 heterocycles. The van der Waals surface area contributed by atoms with Crippen LogP contribution in [0, 0.1) is 0 Å². The summed E-state index contributed by atoms with van der Waals surface area (Å²) in [6.45, 7) is 6.05. The number of aromatic nitrogens is 3. The van der Waals surface area contributed by atoms with Crippen LogP contribution in [0.4, 0.5) is 0 Å². The average molecular weight is 258 g/mol. The molecule has 2 N–H and O–H groups in total. The minimum absolute atomic E-state index is 0.562. The maximum Gasteiger partial charge on any atom is 0.140 e. The third-order valence-electron chi connectivity index (χ3n) is 2.38. The summed E-state index contributed by atoms with van der Waals surface area (Å²) in [5, 5.41) is 17.4. The monoisotopic (exact) mass is 258 g/mol. The van der Waals surface area contributed by atoms with Gasteiger partial charge in [-0.3, -0.25) is 0 Å². The van der Waals surface area contributed by atoms with Crippen molar-refractivity contribution in [1.82, 2.24) is 20.1 Å². The molecule has 1 aromatic rings. The Kier molecular flexibility index (Phi) is 5.94. The summed E-state index contributed by atoms with van der Waals surface area (Å²) in [5.74, 6) is 1.65. The SMILES string of the molecule is CCCn1ncnc1CNCC(C)(O)CSC. The zero-order valence-electron chi connectivity index (χ0n) is 10.8. The highest BCUT2D eigenvalue weighted by atomic mass is 32.2. The first-order valence-electron chi connectivity index (χ1n) is 5.88. The van der Waals surface area contributed by atoms with Gasteiger partial charge in [0.05, 0.1) is 12.1 Å². The van der Waals surface area contributed by atoms with Crippen molar-refractivity contribution in [3.05, 3.63) is 12.2 Å². The molecule has 0 fully saturated rings. The standard InChI is InChI=1S/C11H22N4OS/c1-4-5-15-10(13-9-14-15)6-12-7-11(2,16)8-17-3/h9,12,16H,4-8H2,1-3H3. The molecule has 1 rings (SSSR count). The highest BCUT2D eigenvalue weighted by Gasteiger charge is 2.19. The Morgan fingerprint density at radius 2 is 2.35 bits per heavy atom. The topological polar surface area (TPSA) is 63.0 Å². The predicted molar refractivity (Wildman–Crippen MR) is 71.0 cm³/mol. The van der Waals surface area contributed by atoms with E-state index in [2.05, 4.69) is 22.3 Å². The molecule has 1 aromatic heterocycles. The molecule has 0 bridgehead atoms. The number of rotatable bonds is 8. The lowest BCUT2D eigenvalue weighted by Gasteiger charge is -2.22. The van der Waals surface area contributed by atoms with Gasteiger partial charge in [0.15, 0.2) is 0 Å². The number of nitrogens with zero attached hydrogens (tertiary/aromatic N) is 3. The summed E-state index contributed by atoms with van der Waals surface area (Å²) >= 11 is 1.64. The molecule has 0 spiro atoms. The third-order valence-corrected chi connectivity index (χ3v) is 3.29. The second kappa shape index (κ2) is 6.98. The first-order valence-corrected chi connectivity index (χ1v) is 7.27. The molecule has 17 heavy (non-hydrogen) atoms. The van der Waals surface area contributed by atoms with E-state index in [-0.39, 0.29) is 0 Å². The minimum atomic E-state index is -0.672. The molecule has 98 valence electrons. The van der Waals surface area contributed by atoms with E-state index in [4.69, 9.17) is 0 Å². The summed E-state index contributed by atoms with van der Waals surface area (Å²) in [6.07, 6.45) is 4.61. The number of thioether (sulfide) groups is 1. The average Bonchev–Trinajstić information content (AvgIpc) is 2.66. The lowest BCUT2D eigenvalue weighted by atomic mass is 10.1. The molecule has 6 heteroatoms. The summed E-state index contributed by atoms with van der Waals surface area (Å²) < 4.78 is 1.90. The van der Waals surface area contributed by atoms with Crippen molar-refractivity contribution >= 4 is 11.8 Å². The molecule has 0 aliphatic rings. The summed E-state index contributed by atoms with van der Waals surface area (Å²) in [7, 11) is 0. The molecule has 0 aliphatic carbocycles. The van der Waals surface area contributed by atoms with E-state index in [1.54, 1.807) is 18.1 Å². The van der Waals surface area contributed by atoms with Crippen LogP contribution in [-0.4, -0.2) is 44.0 Å². The van der Waals surface area contributed by atoms with E-state index in [9.17, 15) is 5.11 Å². The van der Waals surface area contributed by atoms with E-state index < -0.39 is 5.60 Å². The molecule has 0 aromatic carbocycles. The lowest BCUT2D eigenvalue weighted by molar-refractivity contribution is 0.0842. The van der Waals surface area contributed by atoms with E-state index in [0.29, 0.717) is 13.1 Å². The molecule has 0 aliphatic heterocycles. The third kappa shape index (κ3) is 5.06. The lowest BCUT2D eigenvalue weighted by Crippen LogP contribution is -2.40. The van der Waals surface area contributed by atoms with E-state index in [1.807, 2.05) is 17.9 Å². The molecular formula is C11H22N4OS. The zero-order chi connectivity index (χ0) is 12.7. The van der Waals surface area contributed by atoms with Gasteiger partial charge in [0.1, 0.15) is 12.2 Å². The van der Waals surface area contributed by atoms with Gasteiger partial charge in [0.25, 0.3) is 0 Å². The number of nitrogens with one attached hydrogen (secondary N) is 1. The van der Waals surface area contributed by atoms with Crippen LogP contribution in [0.2, 0.25) is 0 Å². The largest absolute Gasteiger partial charge is 0.388 e. The van der Waals surface area contributed by atoms with Crippen LogP contribution in [0.5, 0.6) is 0 Å². The Balaban J connectivity index is 2.37. The summed E-state index contributed by atoms with van der Waals surface area (Å²) in [4.78, 5) is 4.20. The normalized spacial score (nSPS) is 14.8. The summed E-state index contributed by atoms with van der Waals surface area (Å²) in [5.41, 5.74) is -0.672. The van der Waals surface area contributed by atoms with Crippen LogP contribution in [0.15, 0.2) is 6.33 Å². The van der Waals surface area contributed by atoms with E-state index in [1.165, 1.54) is 0 Å². The van der Waals surface area contributed by atoms with Crippen LogP contribution >= 0.6 is 11.8 Å². The Hall–Kier alpha value is -0.590. The van der Waals surface area contributed by atoms with Crippen molar-refractivity contribution in [2.75, 3.05) is 18.6 Å². The number of aryl methyl sites for hydroxylation is 1. The number of aliphatic hydroxyl groups is 1. The van der Waals surface area contributed by atoms with Crippen molar-refractivity contribution < 1.29 is 5.11 Å². The zero-order valence-corrected chi connectivity index (χ0v) is 11.6. The van der Waals surface area contributed by atoms with Crippen molar-refractivity contribution in [3.63, 3.8) is 0 Å². The Labute approximate surface area is 107 Å². The highest BCUT2D eigenvalue weighted by Crippen LogP contribution is 2.09. The maximum absolute atomic E-state index is 9.99. The van der Waals surface area contributed by atoms with E-state index >= 15 is 0 Å². The van der Waals surface area contributed by atoms with Crippen LogP contribution < -0.4 is 5.32 Å². The van der Waals surface area contributed by atoms with Gasteiger partial charge in [-0.1, -0.05) is 6.92 Å². The molecule has 0 saturated carbocycles. The highest BCUT2D eigenvalue weighted by molar-refractivity contribution is 7.98. The van der Waals surface area contributed by atoms with Gasteiger partial charge in [0, 0.05) is 18.8 Å². The first-order chi connectivity index (χ1) is 8.09. The van der Waals surface area contributed by atoms with Crippen LogP contribution in [0.25, 0.3) is 0 Å². The van der Waals surface area contributed by atoms with Gasteiger partial charge >= 0.3 is 0 Å². The van der Waals surface area contributed by atoms with Crippen molar-refractivity contribution in [2.24, 2.45) is 0 Å². The number of hydrogen-bond donors (Lipinski definition) is 2. The van der Waals surface area contributed by atoms with Crippen molar-refractivity contribution in [2.45, 2.75) is 39.0 Å². The fourth-order valence-electron chi connectivity index (χ4n) is 1.63. The van der Waals surface area contributed by atoms with Crippen LogP contribution in [0.3, 0.4) is 0 Å². The van der Waals surface area contributed by atoms with Gasteiger partial charge in [0.2, 0.25) is 0 Å². The van der Waals surface area contributed by atoms with Gasteiger partial charge in [-0.15, -0.1) is 0 Å². The predicted octanol–water partition coefficient (Wildman–Crippen LogP) is 0.892. The fourth-order valence-corrected chi connectivity index (χ4v) is 2.35. The Bertz CT molecular complexity index is 327. The number of hydrogen-bond acceptors (Lipinski definition) is 5. The van der Waals surface area contributed by atoms with Crippen LogP contribution in [0.1, 0.15) is 26.1 Å². The Morgan fingerprint density at radius 3 is 3.00 bits per heavy atom. The second-order valence-corrected chi connectivity index (χ2v) is 5.30. The smallest absolute Gasteiger partial charge is 0.140 e. The fraction of sp³-hybridized carbons (Fsp3) is 0.818. The van der Waals surface area contributed by atoms with Crippen molar-refractivity contribution in [1.29, 1.82) is 0 Å². The molecule has 1 atom stereocenters. The van der Waals surface area contributed by atoms with Crippen molar-refractivity contribution in [3.8, 4) is 0 Å². The molecule has 0 radical (unpaired) electrons. The molecule has 1 unspecified atom stereocenters. The molecule has 0 saturated heterocycles. The van der Waals surface area contributed by atoms with Gasteiger partial charge in [-0.2, -0.15) is 16.9 Å². The first kappa shape index (κ1) is 14.5. The van der Waals surface area contributed by atoms with Gasteiger partial charge in [-0.05, 0) is 19.6 Å². The van der Waals surface area contributed by atoms with Gasteiger partial charge < -0.3 is 10.4 Å². The van der Waals surface area contributed by atoms with Crippen LogP contribution in [-0.2, 0) is 13.1 Å². The molecule has 5 nitrogen and oxygen atoms in total. The maximum atomic E-state index is 9.99. The Morgan fingerprint density at radius 1 is 1.59 bits per heavy atom.